The number of piperazine rings is 1. The number of rotatable bonds is 10. The molecule has 3 N–H and O–H groups in total. The Hall–Kier alpha value is -4.08. The number of hydrogen-bond acceptors (Lipinski definition) is 8. The number of likely N-dealkylation sites (N-methyl/N-ethyl adjacent to an activating group) is 1. The van der Waals surface area contributed by atoms with E-state index in [1.54, 1.807) is 16.6 Å². The first kappa shape index (κ1) is 30.4. The third-order valence-corrected chi connectivity index (χ3v) is 8.47. The molecule has 43 heavy (non-hydrogen) atoms. The van der Waals surface area contributed by atoms with E-state index in [9.17, 15) is 24.3 Å². The van der Waals surface area contributed by atoms with Gasteiger partial charge in [0.1, 0.15) is 12.2 Å². The molecule has 3 aromatic rings. The van der Waals surface area contributed by atoms with Crippen molar-refractivity contribution in [1.29, 1.82) is 5.26 Å². The highest BCUT2D eigenvalue weighted by Crippen LogP contribution is 2.35. The molecule has 1 atom stereocenters. The minimum Gasteiger partial charge on any atom is -0.387 e. The van der Waals surface area contributed by atoms with Gasteiger partial charge in [0.15, 0.2) is 0 Å². The molecule has 1 aliphatic heterocycles. The summed E-state index contributed by atoms with van der Waals surface area (Å²) in [6.45, 7) is 5.75. The van der Waals surface area contributed by atoms with Gasteiger partial charge in [-0.25, -0.2) is 8.91 Å². The van der Waals surface area contributed by atoms with E-state index in [2.05, 4.69) is 38.7 Å². The molecule has 228 valence electrons. The fourth-order valence-corrected chi connectivity index (χ4v) is 5.53. The number of fused-ring (bicyclic) bond motifs is 1. The molecule has 5 rings (SSSR count). The van der Waals surface area contributed by atoms with Crippen molar-refractivity contribution in [3.8, 4) is 17.5 Å². The van der Waals surface area contributed by atoms with E-state index in [0.717, 1.165) is 51.0 Å². The summed E-state index contributed by atoms with van der Waals surface area (Å²) in [5.74, 6) is 0.132. The average molecular weight is 591 g/mol. The number of alkyl halides is 1. The number of carbonyl (C=O) groups is 2. The van der Waals surface area contributed by atoms with Gasteiger partial charge in [0.05, 0.1) is 52.1 Å². The molecule has 0 radical (unpaired) electrons. The molecular weight excluding hydrogens is 551 g/mol. The molecule has 0 aromatic carbocycles. The first-order valence-electron chi connectivity index (χ1n) is 14.8. The lowest BCUT2D eigenvalue weighted by Crippen LogP contribution is -2.47. The summed E-state index contributed by atoms with van der Waals surface area (Å²) in [6.07, 6.45) is 4.41. The lowest BCUT2D eigenvalue weighted by atomic mass is 9.77. The van der Waals surface area contributed by atoms with Crippen LogP contribution in [-0.4, -0.2) is 98.9 Å². The highest BCUT2D eigenvalue weighted by atomic mass is 19.1. The number of nitrogens with zero attached hydrogens (tertiary/aromatic N) is 6. The quantitative estimate of drug-likeness (QED) is 0.328. The molecule has 3 aromatic heterocycles. The summed E-state index contributed by atoms with van der Waals surface area (Å²) in [5, 5.41) is 29.6. The fraction of sp³-hybridized carbons (Fsp3) is 0.516. The summed E-state index contributed by atoms with van der Waals surface area (Å²) in [6, 6.07) is 9.40. The van der Waals surface area contributed by atoms with Gasteiger partial charge in [-0.05, 0) is 70.3 Å². The van der Waals surface area contributed by atoms with Gasteiger partial charge in [-0.1, -0.05) is 0 Å². The molecule has 0 spiro atoms. The first-order chi connectivity index (χ1) is 20.5. The molecule has 2 fully saturated rings. The van der Waals surface area contributed by atoms with E-state index in [0.29, 0.717) is 35.0 Å². The van der Waals surface area contributed by atoms with Crippen LogP contribution in [0.5, 0.6) is 0 Å². The third-order valence-electron chi connectivity index (χ3n) is 8.47. The lowest BCUT2D eigenvalue weighted by molar-refractivity contribution is -0.133. The van der Waals surface area contributed by atoms with Crippen molar-refractivity contribution < 1.29 is 19.1 Å². The molecule has 1 saturated heterocycles. The Labute approximate surface area is 250 Å². The minimum atomic E-state index is -1.64. The predicted molar refractivity (Wildman–Crippen MR) is 160 cm³/mol. The molecule has 1 saturated carbocycles. The van der Waals surface area contributed by atoms with Crippen molar-refractivity contribution >= 4 is 23.0 Å². The Balaban J connectivity index is 1.28. The Morgan fingerprint density at radius 3 is 2.63 bits per heavy atom. The first-order valence-corrected chi connectivity index (χ1v) is 14.8. The molecule has 1 aliphatic carbocycles. The van der Waals surface area contributed by atoms with Crippen LogP contribution in [0.3, 0.4) is 0 Å². The van der Waals surface area contributed by atoms with E-state index < -0.39 is 17.7 Å². The van der Waals surface area contributed by atoms with Gasteiger partial charge in [0.25, 0.3) is 5.91 Å². The molecule has 4 heterocycles. The maximum atomic E-state index is 14.4. The lowest BCUT2D eigenvalue weighted by Gasteiger charge is -2.38. The van der Waals surface area contributed by atoms with Gasteiger partial charge in [-0.15, -0.1) is 0 Å². The largest absolute Gasteiger partial charge is 0.387 e. The SMILES string of the molecule is CN1CCN(C(=O)CC[C@H]2C[C@H](Nc3cc(-c4ccc5cc(C#N)cnn45)ncc3C(=O)NC[C@@H](F)C(C)(C)O)C2)CC1. The predicted octanol–water partition coefficient (Wildman–Crippen LogP) is 2.85. The van der Waals surface area contributed by atoms with Crippen molar-refractivity contribution in [1.82, 2.24) is 29.7 Å². The van der Waals surface area contributed by atoms with E-state index >= 15 is 0 Å². The number of nitriles is 1. The summed E-state index contributed by atoms with van der Waals surface area (Å²) >= 11 is 0. The molecule has 0 unspecified atom stereocenters. The second-order valence-corrected chi connectivity index (χ2v) is 12.3. The molecular formula is C31H39FN8O3. The zero-order valence-corrected chi connectivity index (χ0v) is 24.9. The molecule has 2 aliphatic rings. The number of carbonyl (C=O) groups excluding carboxylic acids is 2. The summed E-state index contributed by atoms with van der Waals surface area (Å²) in [5.41, 5.74) is 1.68. The van der Waals surface area contributed by atoms with Crippen molar-refractivity contribution in [3.05, 3.63) is 47.8 Å². The van der Waals surface area contributed by atoms with Crippen molar-refractivity contribution in [3.63, 3.8) is 0 Å². The standard InChI is InChI=1S/C31H39FN8O3/c1-31(2,43)28(32)19-35-30(42)24-18-34-26(27-6-5-23-14-21(16-33)17-36-40(23)27)15-25(24)37-22-12-20(13-22)4-7-29(41)39-10-8-38(3)9-11-39/h5-6,14-15,17-18,20,22,28,43H,4,7-13,19H2,1-3H3,(H,34,37)(H,35,42)/t20-,22-,28-/m1/s1. The van der Waals surface area contributed by atoms with Gasteiger partial charge in [-0.3, -0.25) is 14.6 Å². The number of aliphatic hydroxyl groups is 1. The van der Waals surface area contributed by atoms with Crippen LogP contribution in [0.2, 0.25) is 0 Å². The Bertz CT molecular complexity index is 1510. The Morgan fingerprint density at radius 1 is 1.19 bits per heavy atom. The molecule has 12 heteroatoms. The number of aromatic nitrogens is 3. The second-order valence-electron chi connectivity index (χ2n) is 12.3. The monoisotopic (exact) mass is 590 g/mol. The normalized spacial score (nSPS) is 19.9. The minimum absolute atomic E-state index is 0.108. The second kappa shape index (κ2) is 12.7. The van der Waals surface area contributed by atoms with Crippen molar-refractivity contribution in [2.45, 2.75) is 57.3 Å². The Kier molecular flexibility index (Phi) is 8.94. The van der Waals surface area contributed by atoms with Crippen LogP contribution in [-0.2, 0) is 4.79 Å². The van der Waals surface area contributed by atoms with Gasteiger partial charge in [0.2, 0.25) is 5.91 Å². The zero-order chi connectivity index (χ0) is 30.7. The van der Waals surface area contributed by atoms with Gasteiger partial charge in [-0.2, -0.15) is 10.4 Å². The maximum absolute atomic E-state index is 14.4. The number of nitrogens with one attached hydrogen (secondary N) is 2. The van der Waals surface area contributed by atoms with E-state index in [1.807, 2.05) is 17.0 Å². The van der Waals surface area contributed by atoms with Crippen molar-refractivity contribution in [2.75, 3.05) is 45.1 Å². The van der Waals surface area contributed by atoms with Crippen molar-refractivity contribution in [2.24, 2.45) is 5.92 Å². The molecule has 0 bridgehead atoms. The van der Waals surface area contributed by atoms with Crippen LogP contribution in [0.25, 0.3) is 16.9 Å². The van der Waals surface area contributed by atoms with E-state index in [4.69, 9.17) is 0 Å². The smallest absolute Gasteiger partial charge is 0.255 e. The highest BCUT2D eigenvalue weighted by Gasteiger charge is 2.32. The number of hydrogen-bond donors (Lipinski definition) is 3. The fourth-order valence-electron chi connectivity index (χ4n) is 5.53. The topological polar surface area (TPSA) is 139 Å². The van der Waals surface area contributed by atoms with Crippen LogP contribution >= 0.6 is 0 Å². The third kappa shape index (κ3) is 7.12. The number of halogens is 1. The Morgan fingerprint density at radius 2 is 1.93 bits per heavy atom. The number of pyridine rings is 1. The van der Waals surface area contributed by atoms with Crippen LogP contribution in [0.4, 0.5) is 10.1 Å². The number of amides is 2. The summed E-state index contributed by atoms with van der Waals surface area (Å²) in [4.78, 5) is 34.5. The van der Waals surface area contributed by atoms with Crippen LogP contribution < -0.4 is 10.6 Å². The van der Waals surface area contributed by atoms with Gasteiger partial charge in [0, 0.05) is 44.8 Å². The maximum Gasteiger partial charge on any atom is 0.255 e. The van der Waals surface area contributed by atoms with Gasteiger partial charge < -0.3 is 25.5 Å². The van der Waals surface area contributed by atoms with Crippen LogP contribution in [0.1, 0.15) is 55.5 Å². The van der Waals surface area contributed by atoms with Crippen LogP contribution in [0, 0.1) is 17.2 Å². The summed E-state index contributed by atoms with van der Waals surface area (Å²) < 4.78 is 16.0. The molecule has 11 nitrogen and oxygen atoms in total. The highest BCUT2D eigenvalue weighted by molar-refractivity contribution is 6.00. The zero-order valence-electron chi connectivity index (χ0n) is 24.9. The molecule has 2 amide bonds. The van der Waals surface area contributed by atoms with Gasteiger partial charge >= 0.3 is 0 Å². The van der Waals surface area contributed by atoms with E-state index in [1.165, 1.54) is 26.2 Å². The van der Waals surface area contributed by atoms with E-state index in [-0.39, 0.29) is 24.1 Å². The average Bonchev–Trinajstić information content (AvgIpc) is 3.39. The summed E-state index contributed by atoms with van der Waals surface area (Å²) in [7, 11) is 2.07. The number of anilines is 1. The van der Waals surface area contributed by atoms with Crippen LogP contribution in [0.15, 0.2) is 36.7 Å².